The number of nitrogens with one attached hydrogen (secondary N) is 1. The van der Waals surface area contributed by atoms with Crippen LogP contribution >= 0.6 is 0 Å². The zero-order valence-corrected chi connectivity index (χ0v) is 17.3. The average Bonchev–Trinajstić information content (AvgIpc) is 3.18. The Morgan fingerprint density at radius 1 is 0.781 bits per heavy atom. The van der Waals surface area contributed by atoms with Crippen molar-refractivity contribution < 1.29 is 4.92 Å². The highest BCUT2D eigenvalue weighted by molar-refractivity contribution is 6.08. The SMILES string of the molecule is O=[N+]([O-])c1ccc(C2CC(n3c4ccccc4c4ccccc43)c3ccccc3N2)cc1. The molecule has 2 unspecified atom stereocenters. The third-order valence-electron chi connectivity index (χ3n) is 6.54. The first-order chi connectivity index (χ1) is 15.7. The van der Waals surface area contributed by atoms with Gasteiger partial charge >= 0.3 is 0 Å². The van der Waals surface area contributed by atoms with Crippen LogP contribution in [-0.2, 0) is 0 Å². The Kier molecular flexibility index (Phi) is 4.21. The number of para-hydroxylation sites is 3. The molecule has 5 nitrogen and oxygen atoms in total. The first-order valence-electron chi connectivity index (χ1n) is 10.8. The number of rotatable bonds is 3. The summed E-state index contributed by atoms with van der Waals surface area (Å²) in [6.07, 6.45) is 0.845. The van der Waals surface area contributed by atoms with Gasteiger partial charge in [0.15, 0.2) is 0 Å². The molecule has 5 aromatic rings. The van der Waals surface area contributed by atoms with E-state index in [-0.39, 0.29) is 22.7 Å². The smallest absolute Gasteiger partial charge is 0.269 e. The van der Waals surface area contributed by atoms with Crippen LogP contribution in [0.2, 0.25) is 0 Å². The van der Waals surface area contributed by atoms with Gasteiger partial charge in [-0.15, -0.1) is 0 Å². The van der Waals surface area contributed by atoms with E-state index in [1.54, 1.807) is 12.1 Å². The molecule has 0 bridgehead atoms. The fourth-order valence-electron chi connectivity index (χ4n) is 5.10. The molecule has 0 radical (unpaired) electrons. The van der Waals surface area contributed by atoms with Crippen molar-refractivity contribution in [1.29, 1.82) is 0 Å². The molecule has 4 aromatic carbocycles. The number of fused-ring (bicyclic) bond motifs is 4. The maximum Gasteiger partial charge on any atom is 0.269 e. The van der Waals surface area contributed by atoms with Crippen molar-refractivity contribution in [1.82, 2.24) is 4.57 Å². The van der Waals surface area contributed by atoms with Gasteiger partial charge in [0.2, 0.25) is 0 Å². The van der Waals surface area contributed by atoms with Gasteiger partial charge in [-0.1, -0.05) is 66.7 Å². The van der Waals surface area contributed by atoms with Gasteiger partial charge in [0, 0.05) is 39.6 Å². The van der Waals surface area contributed by atoms with Gasteiger partial charge < -0.3 is 9.88 Å². The number of hydrogen-bond acceptors (Lipinski definition) is 3. The van der Waals surface area contributed by atoms with Crippen LogP contribution in [0.5, 0.6) is 0 Å². The Morgan fingerprint density at radius 3 is 2.03 bits per heavy atom. The second kappa shape index (κ2) is 7.24. The van der Waals surface area contributed by atoms with Gasteiger partial charge in [-0.05, 0) is 35.7 Å². The van der Waals surface area contributed by atoms with Crippen LogP contribution in [0.25, 0.3) is 21.8 Å². The third-order valence-corrected chi connectivity index (χ3v) is 6.54. The van der Waals surface area contributed by atoms with E-state index in [0.717, 1.165) is 17.7 Å². The van der Waals surface area contributed by atoms with Crippen LogP contribution in [-0.4, -0.2) is 9.49 Å². The molecular formula is C27H21N3O2. The Bertz CT molecular complexity index is 1420. The highest BCUT2D eigenvalue weighted by atomic mass is 16.6. The summed E-state index contributed by atoms with van der Waals surface area (Å²) >= 11 is 0. The van der Waals surface area contributed by atoms with Crippen molar-refractivity contribution in [3.05, 3.63) is 118 Å². The van der Waals surface area contributed by atoms with Crippen LogP contribution in [0.15, 0.2) is 97.1 Å². The van der Waals surface area contributed by atoms with E-state index in [1.165, 1.54) is 27.4 Å². The van der Waals surface area contributed by atoms with Crippen molar-refractivity contribution in [2.45, 2.75) is 18.5 Å². The summed E-state index contributed by atoms with van der Waals surface area (Å²) < 4.78 is 2.46. The molecule has 1 aliphatic heterocycles. The lowest BCUT2D eigenvalue weighted by molar-refractivity contribution is -0.384. The monoisotopic (exact) mass is 419 g/mol. The summed E-state index contributed by atoms with van der Waals surface area (Å²) in [5.74, 6) is 0. The first kappa shape index (κ1) is 18.6. The molecule has 0 fully saturated rings. The molecule has 0 aliphatic carbocycles. The van der Waals surface area contributed by atoms with Gasteiger partial charge in [-0.3, -0.25) is 10.1 Å². The van der Waals surface area contributed by atoms with Crippen LogP contribution in [0.3, 0.4) is 0 Å². The van der Waals surface area contributed by atoms with Gasteiger partial charge in [0.1, 0.15) is 0 Å². The minimum absolute atomic E-state index is 0.0515. The van der Waals surface area contributed by atoms with E-state index >= 15 is 0 Å². The Balaban J connectivity index is 1.53. The molecule has 0 amide bonds. The predicted molar refractivity (Wildman–Crippen MR) is 128 cm³/mol. The number of nitro groups is 1. The molecule has 6 rings (SSSR count). The lowest BCUT2D eigenvalue weighted by atomic mass is 9.89. The maximum absolute atomic E-state index is 11.1. The summed E-state index contributed by atoms with van der Waals surface area (Å²) in [6, 6.07) is 32.7. The molecule has 0 spiro atoms. The standard InChI is InChI=1S/C27H21N3O2/c31-30(32)19-15-13-18(14-16-19)24-17-27(22-9-1-4-10-23(22)28-24)29-25-11-5-2-7-20(25)21-8-3-6-12-26(21)29/h1-16,24,27-28H,17H2. The summed E-state index contributed by atoms with van der Waals surface area (Å²) in [5, 5.41) is 17.3. The van der Waals surface area contributed by atoms with E-state index in [0.29, 0.717) is 0 Å². The van der Waals surface area contributed by atoms with E-state index in [1.807, 2.05) is 18.2 Å². The van der Waals surface area contributed by atoms with Gasteiger partial charge in [-0.25, -0.2) is 0 Å². The van der Waals surface area contributed by atoms with Crippen LogP contribution in [0, 0.1) is 10.1 Å². The number of hydrogen-bond donors (Lipinski definition) is 1. The molecule has 2 atom stereocenters. The van der Waals surface area contributed by atoms with Crippen molar-refractivity contribution >= 4 is 33.2 Å². The molecule has 1 N–H and O–H groups in total. The van der Waals surface area contributed by atoms with E-state index < -0.39 is 0 Å². The molecule has 1 aliphatic rings. The third kappa shape index (κ3) is 2.86. The highest BCUT2D eigenvalue weighted by Crippen LogP contribution is 2.44. The molecule has 1 aromatic heterocycles. The number of non-ortho nitro benzene ring substituents is 1. The molecule has 5 heteroatoms. The summed E-state index contributed by atoms with van der Waals surface area (Å²) in [4.78, 5) is 10.7. The topological polar surface area (TPSA) is 60.1 Å². The second-order valence-electron chi connectivity index (χ2n) is 8.29. The van der Waals surface area contributed by atoms with Crippen LogP contribution in [0.1, 0.15) is 29.6 Å². The lowest BCUT2D eigenvalue weighted by Crippen LogP contribution is -2.25. The summed E-state index contributed by atoms with van der Waals surface area (Å²) in [5.41, 5.74) is 5.97. The number of benzene rings is 4. The first-order valence-corrected chi connectivity index (χ1v) is 10.8. The predicted octanol–water partition coefficient (Wildman–Crippen LogP) is 6.85. The highest BCUT2D eigenvalue weighted by Gasteiger charge is 2.30. The Labute approximate surface area is 185 Å². The molecule has 0 saturated carbocycles. The quantitative estimate of drug-likeness (QED) is 0.257. The molecule has 156 valence electrons. The van der Waals surface area contributed by atoms with Gasteiger partial charge in [0.25, 0.3) is 5.69 Å². The number of nitrogens with zero attached hydrogens (tertiary/aromatic N) is 2. The average molecular weight is 419 g/mol. The number of aromatic nitrogens is 1. The Hall–Kier alpha value is -4.12. The van der Waals surface area contributed by atoms with Crippen LogP contribution in [0.4, 0.5) is 11.4 Å². The fourth-order valence-corrected chi connectivity index (χ4v) is 5.10. The van der Waals surface area contributed by atoms with E-state index in [2.05, 4.69) is 76.6 Å². The fraction of sp³-hybridized carbons (Fsp3) is 0.111. The maximum atomic E-state index is 11.1. The van der Waals surface area contributed by atoms with E-state index in [9.17, 15) is 10.1 Å². The largest absolute Gasteiger partial charge is 0.378 e. The minimum atomic E-state index is -0.353. The van der Waals surface area contributed by atoms with Gasteiger partial charge in [-0.2, -0.15) is 0 Å². The molecular weight excluding hydrogens is 398 g/mol. The number of nitro benzene ring substituents is 1. The van der Waals surface area contributed by atoms with E-state index in [4.69, 9.17) is 0 Å². The Morgan fingerprint density at radius 2 is 1.38 bits per heavy atom. The zero-order valence-electron chi connectivity index (χ0n) is 17.3. The zero-order chi connectivity index (χ0) is 21.7. The van der Waals surface area contributed by atoms with Crippen molar-refractivity contribution in [3.63, 3.8) is 0 Å². The molecule has 2 heterocycles. The van der Waals surface area contributed by atoms with Crippen molar-refractivity contribution in [3.8, 4) is 0 Å². The van der Waals surface area contributed by atoms with Crippen molar-refractivity contribution in [2.24, 2.45) is 0 Å². The van der Waals surface area contributed by atoms with Gasteiger partial charge in [0.05, 0.1) is 17.0 Å². The minimum Gasteiger partial charge on any atom is -0.378 e. The molecule has 32 heavy (non-hydrogen) atoms. The second-order valence-corrected chi connectivity index (χ2v) is 8.29. The van der Waals surface area contributed by atoms with Crippen molar-refractivity contribution in [2.75, 3.05) is 5.32 Å². The summed E-state index contributed by atoms with van der Waals surface area (Å²) in [7, 11) is 0. The molecule has 0 saturated heterocycles. The lowest BCUT2D eigenvalue weighted by Gasteiger charge is -2.35. The number of anilines is 1. The van der Waals surface area contributed by atoms with Crippen LogP contribution < -0.4 is 5.32 Å². The normalized spacial score (nSPS) is 17.8. The summed E-state index contributed by atoms with van der Waals surface area (Å²) in [6.45, 7) is 0.